The maximum atomic E-state index is 10.8. The van der Waals surface area contributed by atoms with Gasteiger partial charge in [0.05, 0.1) is 12.2 Å². The van der Waals surface area contributed by atoms with Crippen molar-refractivity contribution in [3.05, 3.63) is 60.2 Å². The van der Waals surface area contributed by atoms with E-state index in [2.05, 4.69) is 24.3 Å². The van der Waals surface area contributed by atoms with Gasteiger partial charge in [0.15, 0.2) is 0 Å². The first-order chi connectivity index (χ1) is 9.68. The average Bonchev–Trinajstić information content (AvgIpc) is 3.03. The molecule has 20 heavy (non-hydrogen) atoms. The van der Waals surface area contributed by atoms with Gasteiger partial charge in [0.2, 0.25) is 0 Å². The molecule has 0 spiro atoms. The summed E-state index contributed by atoms with van der Waals surface area (Å²) >= 11 is 0. The van der Waals surface area contributed by atoms with Gasteiger partial charge in [-0.3, -0.25) is 0 Å². The maximum Gasteiger partial charge on any atom is 0.0919 e. The Morgan fingerprint density at radius 1 is 1.00 bits per heavy atom. The Balaban J connectivity index is 1.86. The van der Waals surface area contributed by atoms with Gasteiger partial charge in [0, 0.05) is 12.5 Å². The molecule has 0 radical (unpaired) electrons. The second-order valence-electron chi connectivity index (χ2n) is 5.65. The van der Waals surface area contributed by atoms with Gasteiger partial charge in [-0.15, -0.1) is 0 Å². The van der Waals surface area contributed by atoms with Crippen molar-refractivity contribution in [1.29, 1.82) is 0 Å². The Kier molecular flexibility index (Phi) is 3.60. The van der Waals surface area contributed by atoms with Crippen LogP contribution in [0.25, 0.3) is 11.1 Å². The molecule has 1 aliphatic rings. The maximum absolute atomic E-state index is 10.8. The van der Waals surface area contributed by atoms with Gasteiger partial charge in [-0.25, -0.2) is 0 Å². The summed E-state index contributed by atoms with van der Waals surface area (Å²) in [6.45, 7) is 3.29. The van der Waals surface area contributed by atoms with Crippen LogP contribution < -0.4 is 0 Å². The van der Waals surface area contributed by atoms with Crippen LogP contribution in [0, 0.1) is 5.92 Å². The molecule has 2 heteroatoms. The molecule has 1 fully saturated rings. The molecule has 0 aromatic heterocycles. The molecule has 0 bridgehead atoms. The molecule has 3 rings (SSSR count). The van der Waals surface area contributed by atoms with E-state index in [0.29, 0.717) is 6.61 Å². The Morgan fingerprint density at radius 3 is 2.25 bits per heavy atom. The van der Waals surface area contributed by atoms with Crippen molar-refractivity contribution in [2.24, 2.45) is 5.92 Å². The Morgan fingerprint density at radius 2 is 1.65 bits per heavy atom. The van der Waals surface area contributed by atoms with E-state index in [4.69, 9.17) is 4.74 Å². The molecule has 2 nitrogen and oxygen atoms in total. The quantitative estimate of drug-likeness (QED) is 0.921. The number of aliphatic hydroxyl groups is 1. The molecule has 2 atom stereocenters. The molecule has 1 heterocycles. The van der Waals surface area contributed by atoms with Crippen molar-refractivity contribution in [2.45, 2.75) is 18.9 Å². The fourth-order valence-corrected chi connectivity index (χ4v) is 2.84. The predicted molar refractivity (Wildman–Crippen MR) is 80.4 cm³/mol. The number of ether oxygens (including phenoxy) is 1. The highest BCUT2D eigenvalue weighted by atomic mass is 16.5. The van der Waals surface area contributed by atoms with Crippen LogP contribution in [0.15, 0.2) is 54.6 Å². The van der Waals surface area contributed by atoms with E-state index in [9.17, 15) is 5.11 Å². The van der Waals surface area contributed by atoms with E-state index in [0.717, 1.165) is 18.6 Å². The number of rotatable bonds is 3. The molecule has 2 aromatic carbocycles. The summed E-state index contributed by atoms with van der Waals surface area (Å²) in [4.78, 5) is 0. The fraction of sp³-hybridized carbons (Fsp3) is 0.333. The highest BCUT2D eigenvalue weighted by Crippen LogP contribution is 2.35. The first kappa shape index (κ1) is 13.3. The molecule has 104 valence electrons. The van der Waals surface area contributed by atoms with Crippen LogP contribution in [0.1, 0.15) is 18.9 Å². The van der Waals surface area contributed by atoms with Crippen molar-refractivity contribution in [3.63, 3.8) is 0 Å². The summed E-state index contributed by atoms with van der Waals surface area (Å²) in [7, 11) is 0. The lowest BCUT2D eigenvalue weighted by Crippen LogP contribution is -2.32. The van der Waals surface area contributed by atoms with Gasteiger partial charge in [0.1, 0.15) is 0 Å². The fourth-order valence-electron chi connectivity index (χ4n) is 2.84. The Labute approximate surface area is 120 Å². The van der Waals surface area contributed by atoms with E-state index in [1.54, 1.807) is 0 Å². The molecule has 0 amide bonds. The first-order valence-corrected chi connectivity index (χ1v) is 7.14. The molecule has 2 unspecified atom stereocenters. The second kappa shape index (κ2) is 5.39. The van der Waals surface area contributed by atoms with Crippen molar-refractivity contribution in [2.75, 3.05) is 13.2 Å². The monoisotopic (exact) mass is 268 g/mol. The first-order valence-electron chi connectivity index (χ1n) is 7.14. The van der Waals surface area contributed by atoms with E-state index in [-0.39, 0.29) is 5.92 Å². The van der Waals surface area contributed by atoms with Gasteiger partial charge >= 0.3 is 0 Å². The third kappa shape index (κ3) is 2.49. The van der Waals surface area contributed by atoms with Crippen LogP contribution in [0.4, 0.5) is 0 Å². The molecule has 1 aliphatic heterocycles. The zero-order valence-corrected chi connectivity index (χ0v) is 11.8. The van der Waals surface area contributed by atoms with E-state index in [1.165, 1.54) is 11.1 Å². The zero-order chi connectivity index (χ0) is 14.0. The summed E-state index contributed by atoms with van der Waals surface area (Å²) in [5.74, 6) is 0.185. The largest absolute Gasteiger partial charge is 0.385 e. The van der Waals surface area contributed by atoms with Crippen LogP contribution in [0.3, 0.4) is 0 Å². The van der Waals surface area contributed by atoms with E-state index in [1.807, 2.05) is 37.3 Å². The van der Waals surface area contributed by atoms with E-state index >= 15 is 0 Å². The van der Waals surface area contributed by atoms with Gasteiger partial charge in [0.25, 0.3) is 0 Å². The molecule has 1 N–H and O–H groups in total. The summed E-state index contributed by atoms with van der Waals surface area (Å²) in [6.07, 6.45) is 0.924. The van der Waals surface area contributed by atoms with Gasteiger partial charge < -0.3 is 9.84 Å². The molecular formula is C18H20O2. The van der Waals surface area contributed by atoms with Crippen molar-refractivity contribution < 1.29 is 9.84 Å². The summed E-state index contributed by atoms with van der Waals surface area (Å²) in [5.41, 5.74) is 2.52. The SMILES string of the molecule is CC(O)(c1ccc(-c2ccccc2)cc1)C1CCOC1. The minimum Gasteiger partial charge on any atom is -0.385 e. The normalized spacial score (nSPS) is 21.6. The second-order valence-corrected chi connectivity index (χ2v) is 5.65. The number of benzene rings is 2. The van der Waals surface area contributed by atoms with Crippen LogP contribution in [0.5, 0.6) is 0 Å². The molecule has 0 saturated carbocycles. The lowest BCUT2D eigenvalue weighted by Gasteiger charge is -2.29. The highest BCUT2D eigenvalue weighted by Gasteiger charge is 2.36. The van der Waals surface area contributed by atoms with Crippen molar-refractivity contribution in [1.82, 2.24) is 0 Å². The molecule has 0 aliphatic carbocycles. The topological polar surface area (TPSA) is 29.5 Å². The lowest BCUT2D eigenvalue weighted by atomic mass is 9.82. The molecule has 2 aromatic rings. The molecule has 1 saturated heterocycles. The third-order valence-electron chi connectivity index (χ3n) is 4.30. The average molecular weight is 268 g/mol. The summed E-state index contributed by atoms with van der Waals surface area (Å²) < 4.78 is 5.40. The zero-order valence-electron chi connectivity index (χ0n) is 11.8. The Hall–Kier alpha value is -1.64. The van der Waals surface area contributed by atoms with Crippen LogP contribution in [-0.2, 0) is 10.3 Å². The van der Waals surface area contributed by atoms with Crippen LogP contribution in [-0.4, -0.2) is 18.3 Å². The Bertz CT molecular complexity index is 552. The van der Waals surface area contributed by atoms with Gasteiger partial charge in [-0.05, 0) is 30.0 Å². The van der Waals surface area contributed by atoms with Gasteiger partial charge in [-0.1, -0.05) is 54.6 Å². The lowest BCUT2D eigenvalue weighted by molar-refractivity contribution is -0.00969. The summed E-state index contributed by atoms with van der Waals surface area (Å²) in [5, 5.41) is 10.8. The van der Waals surface area contributed by atoms with E-state index < -0.39 is 5.60 Å². The summed E-state index contributed by atoms with van der Waals surface area (Å²) in [6, 6.07) is 18.5. The van der Waals surface area contributed by atoms with Crippen molar-refractivity contribution in [3.8, 4) is 11.1 Å². The minimum atomic E-state index is -0.814. The van der Waals surface area contributed by atoms with Crippen LogP contribution in [0.2, 0.25) is 0 Å². The van der Waals surface area contributed by atoms with Gasteiger partial charge in [-0.2, -0.15) is 0 Å². The standard InChI is InChI=1S/C18H20O2/c1-18(19,17-11-12-20-13-17)16-9-7-15(8-10-16)14-5-3-2-4-6-14/h2-10,17,19H,11-13H2,1H3. The number of hydrogen-bond donors (Lipinski definition) is 1. The van der Waals surface area contributed by atoms with Crippen LogP contribution >= 0.6 is 0 Å². The number of hydrogen-bond acceptors (Lipinski definition) is 2. The highest BCUT2D eigenvalue weighted by molar-refractivity contribution is 5.63. The van der Waals surface area contributed by atoms with Crippen molar-refractivity contribution >= 4 is 0 Å². The predicted octanol–water partition coefficient (Wildman–Crippen LogP) is 3.60. The molecular weight excluding hydrogens is 248 g/mol. The smallest absolute Gasteiger partial charge is 0.0919 e. The minimum absolute atomic E-state index is 0.185. The third-order valence-corrected chi connectivity index (χ3v) is 4.30.